The van der Waals surface area contributed by atoms with E-state index in [0.717, 1.165) is 11.3 Å². The number of nitrogens with zero attached hydrogens (tertiary/aromatic N) is 5. The van der Waals surface area contributed by atoms with Gasteiger partial charge in [0.1, 0.15) is 23.4 Å². The average Bonchev–Trinajstić information content (AvgIpc) is 3.08. The van der Waals surface area contributed by atoms with Gasteiger partial charge in [0.15, 0.2) is 0 Å². The Hall–Kier alpha value is -3.89. The third-order valence-corrected chi connectivity index (χ3v) is 7.37. The van der Waals surface area contributed by atoms with Crippen LogP contribution >= 0.6 is 0 Å². The molecule has 0 bridgehead atoms. The van der Waals surface area contributed by atoms with Crippen molar-refractivity contribution in [2.75, 3.05) is 38.2 Å². The second kappa shape index (κ2) is 11.1. The minimum Gasteiger partial charge on any atom is -0.497 e. The number of urea groups is 1. The molecule has 210 valence electrons. The molecule has 2 fully saturated rings. The van der Waals surface area contributed by atoms with E-state index < -0.39 is 17.1 Å². The third kappa shape index (κ3) is 5.76. The Balaban J connectivity index is 1.52. The molecule has 2 saturated heterocycles. The number of amides is 3. The lowest BCUT2D eigenvalue weighted by Gasteiger charge is -2.42. The van der Waals surface area contributed by atoms with Crippen molar-refractivity contribution >= 4 is 23.7 Å². The first-order valence-corrected chi connectivity index (χ1v) is 13.2. The van der Waals surface area contributed by atoms with Crippen molar-refractivity contribution in [2.45, 2.75) is 58.1 Å². The Morgan fingerprint density at radius 1 is 1.13 bits per heavy atom. The summed E-state index contributed by atoms with van der Waals surface area (Å²) >= 11 is 0. The van der Waals surface area contributed by atoms with Crippen molar-refractivity contribution in [3.63, 3.8) is 0 Å². The lowest BCUT2D eigenvalue weighted by Crippen LogP contribution is -2.57. The molecular weight excluding hydrogens is 502 g/mol. The number of anilines is 1. The van der Waals surface area contributed by atoms with Gasteiger partial charge in [0.2, 0.25) is 11.5 Å². The molecule has 11 heteroatoms. The highest BCUT2D eigenvalue weighted by Gasteiger charge is 2.57. The number of benzene rings is 1. The maximum atomic E-state index is 13.8. The van der Waals surface area contributed by atoms with Crippen LogP contribution in [0.5, 0.6) is 11.6 Å². The first-order valence-electron chi connectivity index (χ1n) is 13.2. The fourth-order valence-electron chi connectivity index (χ4n) is 5.10. The first kappa shape index (κ1) is 28.1. The molecule has 1 aromatic heterocycles. The Morgan fingerprint density at radius 2 is 1.79 bits per heavy atom. The van der Waals surface area contributed by atoms with E-state index in [-0.39, 0.29) is 23.7 Å². The molecule has 0 saturated carbocycles. The zero-order valence-electron chi connectivity index (χ0n) is 23.2. The summed E-state index contributed by atoms with van der Waals surface area (Å²) in [4.78, 5) is 52.4. The largest absolute Gasteiger partial charge is 0.497 e. The summed E-state index contributed by atoms with van der Waals surface area (Å²) in [6, 6.07) is 9.11. The van der Waals surface area contributed by atoms with Gasteiger partial charge in [-0.25, -0.2) is 19.6 Å². The van der Waals surface area contributed by atoms with Crippen LogP contribution < -0.4 is 14.4 Å². The van der Waals surface area contributed by atoms with Gasteiger partial charge in [-0.3, -0.25) is 9.69 Å². The van der Waals surface area contributed by atoms with Crippen LogP contribution in [0.25, 0.3) is 0 Å². The highest BCUT2D eigenvalue weighted by Crippen LogP contribution is 2.39. The van der Waals surface area contributed by atoms with E-state index in [0.29, 0.717) is 51.3 Å². The number of ether oxygens (including phenoxy) is 2. The maximum absolute atomic E-state index is 13.8. The van der Waals surface area contributed by atoms with Gasteiger partial charge in [0.05, 0.1) is 7.11 Å². The second-order valence-corrected chi connectivity index (χ2v) is 11.0. The number of carboxylic acid groups (broad SMARTS) is 1. The van der Waals surface area contributed by atoms with Gasteiger partial charge in [-0.2, -0.15) is 0 Å². The number of hydrogen-bond acceptors (Lipinski definition) is 8. The maximum Gasteiger partial charge on any atom is 0.347 e. The van der Waals surface area contributed by atoms with Gasteiger partial charge >= 0.3 is 12.0 Å². The van der Waals surface area contributed by atoms with Crippen LogP contribution in [0.3, 0.4) is 0 Å². The van der Waals surface area contributed by atoms with E-state index in [4.69, 9.17) is 9.47 Å². The van der Waals surface area contributed by atoms with E-state index in [9.17, 15) is 19.5 Å². The van der Waals surface area contributed by atoms with Crippen molar-refractivity contribution in [3.05, 3.63) is 42.2 Å². The number of carbonyl (C=O) groups is 3. The van der Waals surface area contributed by atoms with E-state index in [1.165, 1.54) is 25.1 Å². The van der Waals surface area contributed by atoms with Crippen LogP contribution in [0.15, 0.2) is 36.7 Å². The third-order valence-electron chi connectivity index (χ3n) is 7.37. The topological polar surface area (TPSA) is 125 Å². The first-order chi connectivity index (χ1) is 18.5. The van der Waals surface area contributed by atoms with Gasteiger partial charge in [0, 0.05) is 32.2 Å². The van der Waals surface area contributed by atoms with Crippen molar-refractivity contribution < 1.29 is 29.0 Å². The Bertz CT molecular complexity index is 1210. The molecule has 1 aromatic carbocycles. The molecule has 0 radical (unpaired) electrons. The molecule has 1 spiro atoms. The van der Waals surface area contributed by atoms with Crippen molar-refractivity contribution in [2.24, 2.45) is 5.92 Å². The van der Waals surface area contributed by atoms with Gasteiger partial charge in [0.25, 0.3) is 5.91 Å². The number of aromatic nitrogens is 2. The van der Waals surface area contributed by atoms with Crippen LogP contribution in [-0.4, -0.2) is 87.2 Å². The molecule has 3 amide bonds. The lowest BCUT2D eigenvalue weighted by molar-refractivity contribution is -0.152. The summed E-state index contributed by atoms with van der Waals surface area (Å²) < 4.78 is 10.8. The number of rotatable bonds is 10. The molecule has 2 aliphatic heterocycles. The van der Waals surface area contributed by atoms with E-state index in [1.807, 2.05) is 43.0 Å². The van der Waals surface area contributed by atoms with Crippen LogP contribution in [0, 0.1) is 5.92 Å². The summed E-state index contributed by atoms with van der Waals surface area (Å²) in [6.07, 6.45) is 2.86. The highest BCUT2D eigenvalue weighted by molar-refractivity contribution is 6.07. The summed E-state index contributed by atoms with van der Waals surface area (Å²) in [5.74, 6) is 0.424. The predicted molar refractivity (Wildman–Crippen MR) is 144 cm³/mol. The van der Waals surface area contributed by atoms with Gasteiger partial charge in [-0.15, -0.1) is 0 Å². The van der Waals surface area contributed by atoms with E-state index in [2.05, 4.69) is 9.97 Å². The average molecular weight is 540 g/mol. The Labute approximate surface area is 228 Å². The van der Waals surface area contributed by atoms with E-state index >= 15 is 0 Å². The quantitative estimate of drug-likeness (QED) is 0.453. The lowest BCUT2D eigenvalue weighted by atomic mass is 9.85. The molecule has 1 N–H and O–H groups in total. The SMILES string of the molecule is COc1ccc(CCN2C(=O)N(CC(C)C)C(=O)C23CCN(c2cc(OC(C)(C)C(=O)O)ncn2)CC3)cc1. The molecule has 11 nitrogen and oxygen atoms in total. The molecule has 0 aliphatic carbocycles. The number of aliphatic carboxylic acids is 1. The summed E-state index contributed by atoms with van der Waals surface area (Å²) in [5.41, 5.74) is -1.30. The molecule has 0 unspecified atom stereocenters. The molecular formula is C28H37N5O6. The van der Waals surface area contributed by atoms with Crippen LogP contribution in [0.2, 0.25) is 0 Å². The Kier molecular flexibility index (Phi) is 7.99. The monoisotopic (exact) mass is 539 g/mol. The molecule has 2 aliphatic rings. The van der Waals surface area contributed by atoms with Gasteiger partial charge in [-0.1, -0.05) is 26.0 Å². The van der Waals surface area contributed by atoms with Crippen LogP contribution in [-0.2, 0) is 16.0 Å². The fourth-order valence-corrected chi connectivity index (χ4v) is 5.10. The fraction of sp³-hybridized carbons (Fsp3) is 0.536. The number of imide groups is 1. The molecule has 3 heterocycles. The number of piperidine rings is 1. The minimum absolute atomic E-state index is 0.134. The molecule has 39 heavy (non-hydrogen) atoms. The van der Waals surface area contributed by atoms with Gasteiger partial charge < -0.3 is 24.4 Å². The smallest absolute Gasteiger partial charge is 0.347 e. The molecule has 2 aromatic rings. The zero-order valence-corrected chi connectivity index (χ0v) is 23.2. The highest BCUT2D eigenvalue weighted by atomic mass is 16.5. The van der Waals surface area contributed by atoms with Crippen molar-refractivity contribution in [1.29, 1.82) is 0 Å². The number of carbonyl (C=O) groups excluding carboxylic acids is 2. The summed E-state index contributed by atoms with van der Waals surface area (Å²) in [7, 11) is 1.62. The molecule has 0 atom stereocenters. The van der Waals surface area contributed by atoms with Gasteiger partial charge in [-0.05, 0) is 56.7 Å². The van der Waals surface area contributed by atoms with Crippen LogP contribution in [0.1, 0.15) is 46.1 Å². The zero-order chi connectivity index (χ0) is 28.4. The second-order valence-electron chi connectivity index (χ2n) is 11.0. The normalized spacial score (nSPS) is 17.3. The van der Waals surface area contributed by atoms with Crippen molar-refractivity contribution in [3.8, 4) is 11.6 Å². The molecule has 4 rings (SSSR count). The summed E-state index contributed by atoms with van der Waals surface area (Å²) in [5, 5.41) is 9.37. The van der Waals surface area contributed by atoms with Crippen LogP contribution in [0.4, 0.5) is 10.6 Å². The number of hydrogen-bond donors (Lipinski definition) is 1. The number of methoxy groups -OCH3 is 1. The van der Waals surface area contributed by atoms with Crippen molar-refractivity contribution in [1.82, 2.24) is 19.8 Å². The predicted octanol–water partition coefficient (Wildman–Crippen LogP) is 3.23. The number of carboxylic acids is 1. The standard InChI is InChI=1S/C28H37N5O6/c1-19(2)17-32-24(34)28(33(26(32)37)13-10-20-6-8-21(38-5)9-7-20)11-14-31(15-12-28)22-16-23(30-18-29-22)39-27(3,4)25(35)36/h6-9,16,18-19H,10-15,17H2,1-5H3,(H,35,36). The minimum atomic E-state index is -1.45. The summed E-state index contributed by atoms with van der Waals surface area (Å²) in [6.45, 7) is 8.70. The van der Waals surface area contributed by atoms with E-state index in [1.54, 1.807) is 18.1 Å². The Morgan fingerprint density at radius 3 is 2.38 bits per heavy atom.